The molecule has 234 valence electrons. The zero-order valence-electron chi connectivity index (χ0n) is 25.3. The fourth-order valence-electron chi connectivity index (χ4n) is 8.18. The summed E-state index contributed by atoms with van der Waals surface area (Å²) in [5.41, 5.74) is 2.61. The fraction of sp³-hybridized carbons (Fsp3) is 0.576. The van der Waals surface area contributed by atoms with Gasteiger partial charge in [-0.2, -0.15) is 0 Å². The summed E-state index contributed by atoms with van der Waals surface area (Å²) < 4.78 is 27.3. The van der Waals surface area contributed by atoms with Crippen LogP contribution < -0.4 is 9.62 Å². The summed E-state index contributed by atoms with van der Waals surface area (Å²) in [6, 6.07) is 12.1. The van der Waals surface area contributed by atoms with Gasteiger partial charge in [-0.25, -0.2) is 8.42 Å². The van der Waals surface area contributed by atoms with Crippen molar-refractivity contribution in [2.24, 2.45) is 17.8 Å². The van der Waals surface area contributed by atoms with Crippen LogP contribution in [0.5, 0.6) is 0 Å². The van der Waals surface area contributed by atoms with Gasteiger partial charge >= 0.3 is 0 Å². The number of rotatable bonds is 12. The van der Waals surface area contributed by atoms with Crippen LogP contribution in [0.1, 0.15) is 76.3 Å². The normalized spacial score (nSPS) is 24.9. The molecule has 2 aromatic carbocycles. The number of carbonyl (C=O) groups excluding carboxylic acids is 2. The van der Waals surface area contributed by atoms with Crippen LogP contribution in [0.25, 0.3) is 0 Å². The number of carbonyl (C=O) groups is 2. The van der Waals surface area contributed by atoms with Crippen molar-refractivity contribution >= 4 is 50.7 Å². The van der Waals surface area contributed by atoms with E-state index in [1.54, 1.807) is 18.2 Å². The minimum Gasteiger partial charge on any atom is -0.354 e. The lowest BCUT2D eigenvalue weighted by molar-refractivity contribution is -0.140. The third-order valence-corrected chi connectivity index (χ3v) is 11.6. The highest BCUT2D eigenvalue weighted by atomic mass is 35.5. The molecule has 43 heavy (non-hydrogen) atoms. The van der Waals surface area contributed by atoms with E-state index in [0.29, 0.717) is 34.3 Å². The van der Waals surface area contributed by atoms with Crippen molar-refractivity contribution in [3.8, 4) is 0 Å². The van der Waals surface area contributed by atoms with Gasteiger partial charge in [-0.3, -0.25) is 13.9 Å². The highest BCUT2D eigenvalue weighted by Crippen LogP contribution is 2.60. The predicted octanol–water partition coefficient (Wildman–Crippen LogP) is 6.56. The van der Waals surface area contributed by atoms with Crippen LogP contribution in [-0.2, 0) is 31.6 Å². The second-order valence-corrected chi connectivity index (χ2v) is 15.7. The first-order chi connectivity index (χ1) is 20.4. The van der Waals surface area contributed by atoms with E-state index in [1.165, 1.54) is 49.0 Å². The van der Waals surface area contributed by atoms with Gasteiger partial charge < -0.3 is 10.2 Å². The van der Waals surface area contributed by atoms with Crippen LogP contribution >= 0.6 is 23.2 Å². The lowest BCUT2D eigenvalue weighted by atomic mass is 9.48. The third kappa shape index (κ3) is 7.02. The molecule has 10 heteroatoms. The van der Waals surface area contributed by atoms with Gasteiger partial charge in [0.2, 0.25) is 21.8 Å². The molecule has 4 fully saturated rings. The number of nitrogens with one attached hydrogen (secondary N) is 1. The molecule has 0 radical (unpaired) electrons. The number of anilines is 1. The highest BCUT2D eigenvalue weighted by Gasteiger charge is 2.51. The van der Waals surface area contributed by atoms with Gasteiger partial charge in [0.15, 0.2) is 0 Å². The van der Waals surface area contributed by atoms with E-state index in [0.717, 1.165) is 34.7 Å². The third-order valence-electron chi connectivity index (χ3n) is 9.76. The SMILES string of the molecule is CCCNC(=O)[C@@H](CC)N(Cc1ccc(Cl)c(Cl)c1)C(=O)CN(c1ccc(C23CC4CC(CC(C4)C2)C3)cc1)S(C)(=O)=O. The molecule has 6 rings (SSSR count). The minimum atomic E-state index is -3.81. The Morgan fingerprint density at radius 1 is 0.953 bits per heavy atom. The standard InChI is InChI=1S/C33H43Cl2N3O4S/c1-4-12-36-32(40)30(5-2)37(20-22-6-11-28(34)29(35)16-22)31(39)21-38(43(3,41)42)27-9-7-26(8-10-27)33-17-23-13-24(18-33)15-25(14-23)19-33/h6-11,16,23-25,30H,4-5,12-15,17-21H2,1-3H3,(H,36,40)/t23?,24?,25?,30-,33?/m1/s1. The van der Waals surface area contributed by atoms with Crippen molar-refractivity contribution in [3.63, 3.8) is 0 Å². The van der Waals surface area contributed by atoms with Gasteiger partial charge in [0.1, 0.15) is 12.6 Å². The van der Waals surface area contributed by atoms with Crippen molar-refractivity contribution < 1.29 is 18.0 Å². The van der Waals surface area contributed by atoms with Crippen LogP contribution in [0.15, 0.2) is 42.5 Å². The summed E-state index contributed by atoms with van der Waals surface area (Å²) in [5.74, 6) is 1.67. The van der Waals surface area contributed by atoms with E-state index in [1.807, 2.05) is 26.0 Å². The van der Waals surface area contributed by atoms with Crippen LogP contribution in [-0.4, -0.2) is 50.5 Å². The maximum Gasteiger partial charge on any atom is 0.244 e. The Morgan fingerprint density at radius 2 is 1.56 bits per heavy atom. The molecule has 0 aromatic heterocycles. The molecule has 2 amide bonds. The van der Waals surface area contributed by atoms with E-state index < -0.39 is 28.5 Å². The van der Waals surface area contributed by atoms with Gasteiger partial charge in [-0.1, -0.05) is 55.2 Å². The number of halogens is 2. The van der Waals surface area contributed by atoms with Gasteiger partial charge in [-0.05, 0) is 110 Å². The predicted molar refractivity (Wildman–Crippen MR) is 173 cm³/mol. The van der Waals surface area contributed by atoms with Crippen LogP contribution in [0.4, 0.5) is 5.69 Å². The molecule has 4 bridgehead atoms. The summed E-state index contributed by atoms with van der Waals surface area (Å²) in [4.78, 5) is 28.6. The second-order valence-electron chi connectivity index (χ2n) is 13.0. The average molecular weight is 649 g/mol. The molecule has 1 atom stereocenters. The van der Waals surface area contributed by atoms with E-state index in [2.05, 4.69) is 17.4 Å². The van der Waals surface area contributed by atoms with E-state index in [4.69, 9.17) is 23.2 Å². The van der Waals surface area contributed by atoms with E-state index in [-0.39, 0.29) is 17.9 Å². The monoisotopic (exact) mass is 647 g/mol. The van der Waals surface area contributed by atoms with Crippen molar-refractivity contribution in [2.45, 2.75) is 83.2 Å². The Kier molecular flexibility index (Phi) is 9.69. The molecule has 0 saturated heterocycles. The van der Waals surface area contributed by atoms with Gasteiger partial charge in [0, 0.05) is 13.1 Å². The van der Waals surface area contributed by atoms with Crippen molar-refractivity contribution in [1.29, 1.82) is 0 Å². The number of sulfonamides is 1. The molecular weight excluding hydrogens is 605 g/mol. The maximum absolute atomic E-state index is 14.0. The summed E-state index contributed by atoms with van der Waals surface area (Å²) >= 11 is 12.4. The van der Waals surface area contributed by atoms with Crippen molar-refractivity contribution in [2.75, 3.05) is 23.7 Å². The summed E-state index contributed by atoms with van der Waals surface area (Å²) in [6.07, 6.45) is 9.95. The zero-order valence-corrected chi connectivity index (χ0v) is 27.6. The minimum absolute atomic E-state index is 0.0797. The van der Waals surface area contributed by atoms with Gasteiger partial charge in [0.25, 0.3) is 0 Å². The number of amides is 2. The summed E-state index contributed by atoms with van der Waals surface area (Å²) in [7, 11) is -3.81. The number of nitrogens with zero attached hydrogens (tertiary/aromatic N) is 2. The Hall–Kier alpha value is -2.29. The molecule has 0 spiro atoms. The lowest BCUT2D eigenvalue weighted by Gasteiger charge is -2.57. The van der Waals surface area contributed by atoms with Gasteiger partial charge in [0.05, 0.1) is 22.0 Å². The Balaban J connectivity index is 1.41. The Labute approximate surface area is 266 Å². The molecule has 0 heterocycles. The first-order valence-corrected chi connectivity index (χ1v) is 18.1. The average Bonchev–Trinajstić information content (AvgIpc) is 2.95. The number of hydrogen-bond donors (Lipinski definition) is 1. The first kappa shape index (κ1) is 32.1. The molecule has 4 aliphatic carbocycles. The smallest absolute Gasteiger partial charge is 0.244 e. The highest BCUT2D eigenvalue weighted by molar-refractivity contribution is 7.92. The second kappa shape index (κ2) is 13.0. The largest absolute Gasteiger partial charge is 0.354 e. The molecule has 2 aromatic rings. The van der Waals surface area contributed by atoms with E-state index in [9.17, 15) is 18.0 Å². The zero-order chi connectivity index (χ0) is 30.9. The van der Waals surface area contributed by atoms with Crippen LogP contribution in [0.3, 0.4) is 0 Å². The van der Waals surface area contributed by atoms with Crippen LogP contribution in [0, 0.1) is 17.8 Å². The Bertz CT molecular complexity index is 1410. The molecule has 0 aliphatic heterocycles. The molecular formula is C33H43Cl2N3O4S. The summed E-state index contributed by atoms with van der Waals surface area (Å²) in [6.45, 7) is 3.93. The topological polar surface area (TPSA) is 86.8 Å². The lowest BCUT2D eigenvalue weighted by Crippen LogP contribution is -2.52. The molecule has 4 saturated carbocycles. The fourth-order valence-corrected chi connectivity index (χ4v) is 9.35. The van der Waals surface area contributed by atoms with E-state index >= 15 is 0 Å². The van der Waals surface area contributed by atoms with Crippen molar-refractivity contribution in [1.82, 2.24) is 10.2 Å². The molecule has 7 nitrogen and oxygen atoms in total. The molecule has 4 aliphatic rings. The first-order valence-electron chi connectivity index (χ1n) is 15.5. The summed E-state index contributed by atoms with van der Waals surface area (Å²) in [5, 5.41) is 3.61. The van der Waals surface area contributed by atoms with Crippen molar-refractivity contribution in [3.05, 3.63) is 63.6 Å². The van der Waals surface area contributed by atoms with Gasteiger partial charge in [-0.15, -0.1) is 0 Å². The quantitative estimate of drug-likeness (QED) is 0.283. The number of hydrogen-bond acceptors (Lipinski definition) is 4. The maximum atomic E-state index is 14.0. The molecule has 0 unspecified atom stereocenters. The number of benzene rings is 2. The molecule has 1 N–H and O–H groups in total. The Morgan fingerprint density at radius 3 is 2.07 bits per heavy atom. The van der Waals surface area contributed by atoms with Crippen LogP contribution in [0.2, 0.25) is 10.0 Å².